The van der Waals surface area contributed by atoms with E-state index >= 15 is 0 Å². The summed E-state index contributed by atoms with van der Waals surface area (Å²) in [6, 6.07) is 5.99. The number of hydrogen-bond donors (Lipinski definition) is 6. The largest absolute Gasteiger partial charge is 0.494 e. The third-order valence-corrected chi connectivity index (χ3v) is 10.3. The number of carbonyl (C=O) groups excluding carboxylic acids is 3. The van der Waals surface area contributed by atoms with Gasteiger partial charge in [0.1, 0.15) is 29.0 Å². The van der Waals surface area contributed by atoms with Gasteiger partial charge in [0.2, 0.25) is 21.8 Å². The van der Waals surface area contributed by atoms with Crippen LogP contribution in [0.25, 0.3) is 0 Å². The van der Waals surface area contributed by atoms with Crippen LogP contribution in [0.1, 0.15) is 60.9 Å². The van der Waals surface area contributed by atoms with E-state index in [1.165, 1.54) is 5.56 Å². The van der Waals surface area contributed by atoms with Crippen molar-refractivity contribution in [1.82, 2.24) is 20.3 Å². The number of anilines is 3. The number of fused-ring (bicyclic) bond motifs is 1. The molecular formula is C35H47N7O9S. The van der Waals surface area contributed by atoms with Crippen molar-refractivity contribution in [2.75, 3.05) is 56.3 Å². The topological polar surface area (TPSA) is 237 Å². The van der Waals surface area contributed by atoms with Crippen molar-refractivity contribution in [3.8, 4) is 5.75 Å². The molecular weight excluding hydrogens is 694 g/mol. The van der Waals surface area contributed by atoms with Crippen LogP contribution in [-0.2, 0) is 42.0 Å². The molecule has 1 aliphatic heterocycles. The number of nitrogens with two attached hydrogens (primary N) is 1. The Morgan fingerprint density at radius 3 is 2.44 bits per heavy atom. The summed E-state index contributed by atoms with van der Waals surface area (Å²) < 4.78 is 39.7. The Bertz CT molecular complexity index is 1920. The number of ether oxygens (including phenoxy) is 2. The third kappa shape index (κ3) is 10.7. The van der Waals surface area contributed by atoms with Crippen LogP contribution in [0, 0.1) is 13.8 Å². The molecule has 0 spiro atoms. The highest BCUT2D eigenvalue weighted by Gasteiger charge is 2.27. The summed E-state index contributed by atoms with van der Waals surface area (Å²) >= 11 is 0. The number of pyridine rings is 1. The van der Waals surface area contributed by atoms with Crippen LogP contribution >= 0.6 is 0 Å². The van der Waals surface area contributed by atoms with E-state index in [0.717, 1.165) is 38.0 Å². The van der Waals surface area contributed by atoms with Crippen LogP contribution in [0.15, 0.2) is 38.8 Å². The number of unbranched alkanes of at least 4 members (excludes halogenated alkanes) is 1. The molecule has 4 rings (SSSR count). The van der Waals surface area contributed by atoms with Gasteiger partial charge in [0.25, 0.3) is 10.9 Å². The number of esters is 1. The molecule has 16 nitrogen and oxygen atoms in total. The highest BCUT2D eigenvalue weighted by molar-refractivity contribution is 7.89. The van der Waals surface area contributed by atoms with E-state index in [9.17, 15) is 32.4 Å². The van der Waals surface area contributed by atoms with Gasteiger partial charge in [0, 0.05) is 44.7 Å². The Balaban J connectivity index is 1.19. The van der Waals surface area contributed by atoms with Gasteiger partial charge < -0.3 is 36.5 Å². The number of methoxy groups -OCH3 is 1. The highest BCUT2D eigenvalue weighted by Crippen LogP contribution is 2.26. The number of benzene rings is 1. The van der Waals surface area contributed by atoms with Crippen molar-refractivity contribution in [2.45, 2.75) is 76.2 Å². The van der Waals surface area contributed by atoms with E-state index in [-0.39, 0.29) is 54.7 Å². The number of nitrogens with zero attached hydrogens (tertiary/aromatic N) is 1. The molecule has 2 heterocycles. The Labute approximate surface area is 302 Å². The number of aromatic nitrogens is 1. The van der Waals surface area contributed by atoms with Gasteiger partial charge in [-0.1, -0.05) is 6.07 Å². The number of carbonyl (C=O) groups is 3. The van der Waals surface area contributed by atoms with Gasteiger partial charge in [-0.2, -0.15) is 0 Å². The number of aryl methyl sites for hydroxylation is 4. The van der Waals surface area contributed by atoms with Gasteiger partial charge in [0.05, 0.1) is 18.6 Å². The van der Waals surface area contributed by atoms with Gasteiger partial charge >= 0.3 is 5.97 Å². The van der Waals surface area contributed by atoms with Crippen LogP contribution in [0.5, 0.6) is 5.75 Å². The van der Waals surface area contributed by atoms with E-state index < -0.39 is 45.3 Å². The predicted molar refractivity (Wildman–Crippen MR) is 196 cm³/mol. The third-order valence-electron chi connectivity index (χ3n) is 8.55. The van der Waals surface area contributed by atoms with Crippen molar-refractivity contribution < 1.29 is 32.3 Å². The Hall–Kier alpha value is -5.03. The first-order valence-electron chi connectivity index (χ1n) is 17.2. The fourth-order valence-electron chi connectivity index (χ4n) is 5.87. The summed E-state index contributed by atoms with van der Waals surface area (Å²) in [6.45, 7) is 4.36. The summed E-state index contributed by atoms with van der Waals surface area (Å²) in [5, 5.41) is 11.3. The zero-order chi connectivity index (χ0) is 37.8. The molecule has 0 saturated carbocycles. The van der Waals surface area contributed by atoms with Crippen LogP contribution in [-0.4, -0.2) is 77.1 Å². The lowest BCUT2D eigenvalue weighted by Gasteiger charge is -2.19. The quantitative estimate of drug-likeness (QED) is 0.0539. The van der Waals surface area contributed by atoms with Gasteiger partial charge in [-0.25, -0.2) is 22.9 Å². The Morgan fingerprint density at radius 1 is 1.00 bits per heavy atom. The molecule has 282 valence electrons. The maximum atomic E-state index is 13.4. The second-order valence-corrected chi connectivity index (χ2v) is 14.3. The van der Waals surface area contributed by atoms with Crippen LogP contribution in [0.4, 0.5) is 17.2 Å². The predicted octanol–water partition coefficient (Wildman–Crippen LogP) is 0.971. The molecule has 1 aromatic heterocycles. The molecule has 2 aromatic carbocycles. The molecule has 3 aromatic rings. The molecule has 2 amide bonds. The number of nitrogen functional groups attached to an aromatic ring is 1. The summed E-state index contributed by atoms with van der Waals surface area (Å²) in [5.74, 6) is -0.0755. The van der Waals surface area contributed by atoms with E-state index in [4.69, 9.17) is 15.2 Å². The van der Waals surface area contributed by atoms with Crippen LogP contribution in [0.2, 0.25) is 0 Å². The molecule has 0 saturated heterocycles. The number of rotatable bonds is 20. The minimum Gasteiger partial charge on any atom is -0.494 e. The number of nitrogens with one attached hydrogen (secondary N) is 5. The Kier molecular flexibility index (Phi) is 14.1. The molecule has 7 N–H and O–H groups in total. The maximum Gasteiger partial charge on any atom is 0.329 e. The first kappa shape index (κ1) is 39.8. The second kappa shape index (κ2) is 18.5. The molecule has 0 bridgehead atoms. The minimum atomic E-state index is -4.11. The average Bonchev–Trinajstić information content (AvgIpc) is 3.12. The number of sulfonamides is 1. The molecule has 0 aliphatic carbocycles. The molecule has 1 unspecified atom stereocenters. The Morgan fingerprint density at radius 2 is 1.73 bits per heavy atom. The maximum absolute atomic E-state index is 13.4. The molecule has 0 fully saturated rings. The van der Waals surface area contributed by atoms with Crippen molar-refractivity contribution in [3.63, 3.8) is 0 Å². The zero-order valence-electron chi connectivity index (χ0n) is 29.7. The van der Waals surface area contributed by atoms with Crippen molar-refractivity contribution in [1.29, 1.82) is 0 Å². The van der Waals surface area contributed by atoms with E-state index in [2.05, 4.69) is 37.0 Å². The lowest BCUT2D eigenvalue weighted by atomic mass is 10.1. The fraction of sp³-hybridized carbons (Fsp3) is 0.486. The SMILES string of the molecule is COC(=O)C(CNS(=O)(=O)c1c(C)cc(OCCCC(=O)NCCNc2c(N)c(=O)c2=O)cc1C)NC(=O)CCCCc1ccc2c(n1)NCCC2. The average molecular weight is 742 g/mol. The van der Waals surface area contributed by atoms with E-state index in [1.807, 2.05) is 6.07 Å². The molecule has 0 radical (unpaired) electrons. The monoisotopic (exact) mass is 741 g/mol. The summed E-state index contributed by atoms with van der Waals surface area (Å²) in [4.78, 5) is 64.5. The van der Waals surface area contributed by atoms with Gasteiger partial charge in [0.15, 0.2) is 0 Å². The van der Waals surface area contributed by atoms with Gasteiger partial charge in [-0.15, -0.1) is 0 Å². The molecule has 1 atom stereocenters. The van der Waals surface area contributed by atoms with Crippen molar-refractivity contribution in [3.05, 3.63) is 67.1 Å². The van der Waals surface area contributed by atoms with Crippen LogP contribution < -0.4 is 47.3 Å². The van der Waals surface area contributed by atoms with Crippen molar-refractivity contribution in [2.24, 2.45) is 0 Å². The van der Waals surface area contributed by atoms with E-state index in [0.29, 0.717) is 42.6 Å². The van der Waals surface area contributed by atoms with E-state index in [1.54, 1.807) is 26.0 Å². The minimum absolute atomic E-state index is 0.0132. The summed E-state index contributed by atoms with van der Waals surface area (Å²) in [5.41, 5.74) is 6.98. The smallest absolute Gasteiger partial charge is 0.329 e. The second-order valence-electron chi connectivity index (χ2n) is 12.6. The lowest BCUT2D eigenvalue weighted by molar-refractivity contribution is -0.144. The number of hydrogen-bond acceptors (Lipinski definition) is 13. The van der Waals surface area contributed by atoms with Crippen molar-refractivity contribution >= 4 is 45.0 Å². The molecule has 17 heteroatoms. The summed E-state index contributed by atoms with van der Waals surface area (Å²) in [6.07, 6.45) is 4.76. The van der Waals surface area contributed by atoms with Gasteiger partial charge in [-0.3, -0.25) is 19.2 Å². The standard InChI is InChI=1S/C35H47N7O9S/c1-21-18-25(51-17-7-11-27(43)37-15-16-38-30-29(36)31(45)32(30)46)19-22(2)33(21)52(48,49)40-20-26(35(47)50-3)42-28(44)10-5-4-9-24-13-12-23-8-6-14-39-34(23)41-24/h12-13,18-19,26,38,40H,4-11,14-17,20,36H2,1-3H3,(H,37,43)(H,39,41)(H,42,44). The normalized spacial score (nSPS) is 13.1. The lowest BCUT2D eigenvalue weighted by Crippen LogP contribution is -2.49. The molecule has 52 heavy (non-hydrogen) atoms. The van der Waals surface area contributed by atoms with Gasteiger partial charge in [-0.05, 0) is 87.3 Å². The highest BCUT2D eigenvalue weighted by atomic mass is 32.2. The van der Waals surface area contributed by atoms with Crippen LogP contribution in [0.3, 0.4) is 0 Å². The zero-order valence-corrected chi connectivity index (χ0v) is 30.5. The number of amides is 2. The molecule has 1 aliphatic rings. The first-order chi connectivity index (χ1) is 24.8. The fourth-order valence-corrected chi connectivity index (χ4v) is 7.37. The first-order valence-corrected chi connectivity index (χ1v) is 18.7. The summed E-state index contributed by atoms with van der Waals surface area (Å²) in [7, 11) is -2.95.